The van der Waals surface area contributed by atoms with Crippen molar-refractivity contribution in [1.82, 2.24) is 14.8 Å². The zero-order chi connectivity index (χ0) is 21.1. The predicted octanol–water partition coefficient (Wildman–Crippen LogP) is 5.17. The molecule has 4 rings (SSSR count). The molecule has 0 fully saturated rings. The van der Waals surface area contributed by atoms with E-state index in [4.69, 9.17) is 11.6 Å². The van der Waals surface area contributed by atoms with Gasteiger partial charge in [-0.25, -0.2) is 8.78 Å². The van der Waals surface area contributed by atoms with E-state index < -0.39 is 11.6 Å². The van der Waals surface area contributed by atoms with Crippen molar-refractivity contribution in [3.05, 3.63) is 64.4 Å². The van der Waals surface area contributed by atoms with E-state index in [1.165, 1.54) is 6.07 Å². The Labute approximate surface area is 178 Å². The highest BCUT2D eigenvalue weighted by Crippen LogP contribution is 2.31. The number of hydrogen-bond donors (Lipinski definition) is 1. The molecule has 0 saturated heterocycles. The van der Waals surface area contributed by atoms with Gasteiger partial charge in [0.05, 0.1) is 5.02 Å². The van der Waals surface area contributed by atoms with E-state index in [-0.39, 0.29) is 12.3 Å². The summed E-state index contributed by atoms with van der Waals surface area (Å²) in [5.74, 6) is -0.381. The van der Waals surface area contributed by atoms with Gasteiger partial charge in [-0.15, -0.1) is 10.2 Å². The van der Waals surface area contributed by atoms with E-state index in [9.17, 15) is 13.6 Å². The van der Waals surface area contributed by atoms with Crippen LogP contribution in [0.3, 0.4) is 0 Å². The summed E-state index contributed by atoms with van der Waals surface area (Å²) in [5, 5.41) is 12.0. The highest BCUT2D eigenvalue weighted by atomic mass is 35.5. The number of anilines is 1. The number of halogens is 3. The lowest BCUT2D eigenvalue weighted by Crippen LogP contribution is -2.12. The van der Waals surface area contributed by atoms with Gasteiger partial charge >= 0.3 is 0 Å². The van der Waals surface area contributed by atoms with Crippen LogP contribution in [0.15, 0.2) is 36.4 Å². The van der Waals surface area contributed by atoms with E-state index in [0.29, 0.717) is 28.5 Å². The van der Waals surface area contributed by atoms with Crippen LogP contribution in [0.4, 0.5) is 14.5 Å². The molecule has 2 aromatic carbocycles. The van der Waals surface area contributed by atoms with Gasteiger partial charge in [-0.2, -0.15) is 0 Å². The highest BCUT2D eigenvalue weighted by Gasteiger charge is 2.18. The molecule has 156 valence electrons. The van der Waals surface area contributed by atoms with Crippen LogP contribution in [-0.4, -0.2) is 20.7 Å². The average molecular weight is 431 g/mol. The number of nitrogens with one attached hydrogen (secondary N) is 1. The Balaban J connectivity index is 1.47. The summed E-state index contributed by atoms with van der Waals surface area (Å²) in [7, 11) is 0. The molecule has 0 radical (unpaired) electrons. The van der Waals surface area contributed by atoms with Gasteiger partial charge in [0.15, 0.2) is 17.5 Å². The Hall–Kier alpha value is -2.80. The van der Waals surface area contributed by atoms with Gasteiger partial charge in [-0.05, 0) is 55.2 Å². The van der Waals surface area contributed by atoms with Crippen LogP contribution in [0.2, 0.25) is 5.02 Å². The molecule has 0 unspecified atom stereocenters. The minimum atomic E-state index is -0.914. The molecule has 1 aromatic heterocycles. The molecule has 0 bridgehead atoms. The summed E-state index contributed by atoms with van der Waals surface area (Å²) in [6.07, 6.45) is 4.66. The largest absolute Gasteiger partial charge is 0.326 e. The third-order valence-electron chi connectivity index (χ3n) is 5.23. The number of rotatable bonds is 5. The van der Waals surface area contributed by atoms with E-state index in [1.807, 2.05) is 0 Å². The minimum Gasteiger partial charge on any atom is -0.326 e. The topological polar surface area (TPSA) is 59.8 Å². The van der Waals surface area contributed by atoms with Crippen LogP contribution in [0.1, 0.15) is 37.1 Å². The molecule has 3 aromatic rings. The molecule has 5 nitrogen and oxygen atoms in total. The number of benzene rings is 2. The fourth-order valence-corrected chi connectivity index (χ4v) is 3.84. The van der Waals surface area contributed by atoms with Crippen LogP contribution in [-0.2, 0) is 24.2 Å². The number of hydrogen-bond acceptors (Lipinski definition) is 3. The van der Waals surface area contributed by atoms with Gasteiger partial charge in [-0.1, -0.05) is 24.1 Å². The first-order valence-electron chi connectivity index (χ1n) is 9.97. The lowest BCUT2D eigenvalue weighted by atomic mass is 10.1. The smallest absolute Gasteiger partial charge is 0.224 e. The normalized spacial score (nSPS) is 13.6. The fraction of sp³-hybridized carbons (Fsp3) is 0.318. The third-order valence-corrected chi connectivity index (χ3v) is 5.55. The van der Waals surface area contributed by atoms with E-state index >= 15 is 0 Å². The first-order valence-corrected chi connectivity index (χ1v) is 10.3. The number of fused-ring (bicyclic) bond motifs is 1. The maximum atomic E-state index is 13.3. The molecular formula is C22H21ClF2N4O. The van der Waals surface area contributed by atoms with Crippen molar-refractivity contribution in [2.24, 2.45) is 0 Å². The molecule has 30 heavy (non-hydrogen) atoms. The number of carbonyl (C=O) groups excluding carboxylic acids is 1. The second kappa shape index (κ2) is 8.92. The van der Waals surface area contributed by atoms with Gasteiger partial charge in [0.1, 0.15) is 5.82 Å². The zero-order valence-electron chi connectivity index (χ0n) is 16.3. The van der Waals surface area contributed by atoms with Crippen molar-refractivity contribution in [3.8, 4) is 11.4 Å². The number of aromatic nitrogens is 3. The van der Waals surface area contributed by atoms with Crippen LogP contribution < -0.4 is 5.32 Å². The van der Waals surface area contributed by atoms with Gasteiger partial charge in [0.2, 0.25) is 5.91 Å². The Morgan fingerprint density at radius 1 is 1.07 bits per heavy atom. The quantitative estimate of drug-likeness (QED) is 0.607. The summed E-state index contributed by atoms with van der Waals surface area (Å²) in [6, 6.07) is 8.89. The Morgan fingerprint density at radius 3 is 2.77 bits per heavy atom. The number of nitrogens with zero attached hydrogens (tertiary/aromatic N) is 3. The molecule has 0 aliphatic carbocycles. The summed E-state index contributed by atoms with van der Waals surface area (Å²) in [6.45, 7) is 0.846. The lowest BCUT2D eigenvalue weighted by Gasteiger charge is -2.11. The molecule has 2 heterocycles. The fourth-order valence-electron chi connectivity index (χ4n) is 3.64. The standard InChI is InChI=1S/C22H21ClF2N4O/c23-17-8-7-15(26-21(30)10-6-14-5-9-18(24)19(25)12-14)13-16(17)22-28-27-20-4-2-1-3-11-29(20)22/h5,7-9,12-13H,1-4,6,10-11H2,(H,26,30). The summed E-state index contributed by atoms with van der Waals surface area (Å²) >= 11 is 6.42. The van der Waals surface area contributed by atoms with Crippen LogP contribution in [0.25, 0.3) is 11.4 Å². The van der Waals surface area contributed by atoms with Gasteiger partial charge < -0.3 is 9.88 Å². The van der Waals surface area contributed by atoms with Crippen LogP contribution >= 0.6 is 11.6 Å². The molecule has 1 aliphatic rings. The first-order chi connectivity index (χ1) is 14.5. The summed E-state index contributed by atoms with van der Waals surface area (Å²) < 4.78 is 28.4. The molecule has 1 N–H and O–H groups in total. The molecular weight excluding hydrogens is 410 g/mol. The van der Waals surface area contributed by atoms with Crippen molar-refractivity contribution >= 4 is 23.2 Å². The lowest BCUT2D eigenvalue weighted by molar-refractivity contribution is -0.116. The third kappa shape index (κ3) is 4.51. The first kappa shape index (κ1) is 20.5. The Bertz CT molecular complexity index is 1080. The average Bonchev–Trinajstić information content (AvgIpc) is 2.98. The maximum Gasteiger partial charge on any atom is 0.224 e. The highest BCUT2D eigenvalue weighted by molar-refractivity contribution is 6.33. The SMILES string of the molecule is O=C(CCc1ccc(F)c(F)c1)Nc1ccc(Cl)c(-c2nnc3n2CCCCC3)c1. The van der Waals surface area contributed by atoms with Crippen molar-refractivity contribution in [3.63, 3.8) is 0 Å². The molecule has 1 aliphatic heterocycles. The second-order valence-electron chi connectivity index (χ2n) is 7.39. The molecule has 0 atom stereocenters. The van der Waals surface area contributed by atoms with Crippen molar-refractivity contribution in [2.45, 2.75) is 45.1 Å². The van der Waals surface area contributed by atoms with Crippen molar-refractivity contribution in [2.75, 3.05) is 5.32 Å². The summed E-state index contributed by atoms with van der Waals surface area (Å²) in [5.41, 5.74) is 1.87. The van der Waals surface area contributed by atoms with E-state index in [2.05, 4.69) is 20.1 Å². The van der Waals surface area contributed by atoms with E-state index in [1.54, 1.807) is 18.2 Å². The second-order valence-corrected chi connectivity index (χ2v) is 7.80. The predicted molar refractivity (Wildman–Crippen MR) is 111 cm³/mol. The molecule has 1 amide bonds. The summed E-state index contributed by atoms with van der Waals surface area (Å²) in [4.78, 5) is 12.4. The van der Waals surface area contributed by atoms with Crippen LogP contribution in [0.5, 0.6) is 0 Å². The zero-order valence-corrected chi connectivity index (χ0v) is 17.1. The van der Waals surface area contributed by atoms with Crippen molar-refractivity contribution < 1.29 is 13.6 Å². The van der Waals surface area contributed by atoms with Crippen LogP contribution in [0, 0.1) is 11.6 Å². The maximum absolute atomic E-state index is 13.3. The molecule has 0 spiro atoms. The monoisotopic (exact) mass is 430 g/mol. The molecule has 0 saturated carbocycles. The Morgan fingerprint density at radius 2 is 1.93 bits per heavy atom. The number of amides is 1. The number of carbonyl (C=O) groups is 1. The molecule has 8 heteroatoms. The minimum absolute atomic E-state index is 0.142. The van der Waals surface area contributed by atoms with E-state index in [0.717, 1.165) is 55.7 Å². The van der Waals surface area contributed by atoms with Crippen molar-refractivity contribution in [1.29, 1.82) is 0 Å². The number of aryl methyl sites for hydroxylation is 2. The van der Waals surface area contributed by atoms with Gasteiger partial charge in [0.25, 0.3) is 0 Å². The van der Waals surface area contributed by atoms with Gasteiger partial charge in [-0.3, -0.25) is 4.79 Å². The van der Waals surface area contributed by atoms with Gasteiger partial charge in [0, 0.05) is 30.6 Å². The Kier molecular flexibility index (Phi) is 6.08.